The van der Waals surface area contributed by atoms with Gasteiger partial charge in [-0.3, -0.25) is 0 Å². The van der Waals surface area contributed by atoms with Crippen molar-refractivity contribution < 1.29 is 9.90 Å². The van der Waals surface area contributed by atoms with Gasteiger partial charge in [-0.1, -0.05) is 48.0 Å². The van der Waals surface area contributed by atoms with Gasteiger partial charge in [-0.15, -0.1) is 0 Å². The average Bonchev–Trinajstić information content (AvgIpc) is 2.55. The molecule has 0 aliphatic heterocycles. The SMILES string of the molecule is O=C(NCCC(CCO)c1ccccc1)Nc1cccc(Cl)c1. The number of amides is 2. The van der Waals surface area contributed by atoms with Crippen LogP contribution in [0.1, 0.15) is 24.3 Å². The summed E-state index contributed by atoms with van der Waals surface area (Å²) in [5, 5.41) is 15.4. The molecule has 4 nitrogen and oxygen atoms in total. The second-order valence-corrected chi connectivity index (χ2v) is 5.74. The Kier molecular flexibility index (Phi) is 6.91. The Morgan fingerprint density at radius 3 is 2.57 bits per heavy atom. The number of rotatable bonds is 7. The van der Waals surface area contributed by atoms with Crippen LogP contribution in [0.2, 0.25) is 5.02 Å². The third kappa shape index (κ3) is 5.93. The molecule has 2 rings (SSSR count). The van der Waals surface area contributed by atoms with Crippen LogP contribution >= 0.6 is 11.6 Å². The second kappa shape index (κ2) is 9.18. The number of benzene rings is 2. The van der Waals surface area contributed by atoms with E-state index in [9.17, 15) is 9.90 Å². The van der Waals surface area contributed by atoms with E-state index in [1.54, 1.807) is 24.3 Å². The molecular weight excluding hydrogens is 312 g/mol. The zero-order chi connectivity index (χ0) is 16.5. The largest absolute Gasteiger partial charge is 0.396 e. The van der Waals surface area contributed by atoms with E-state index in [1.807, 2.05) is 30.3 Å². The van der Waals surface area contributed by atoms with Crippen molar-refractivity contribution in [1.82, 2.24) is 5.32 Å². The summed E-state index contributed by atoms with van der Waals surface area (Å²) in [6.45, 7) is 0.667. The Morgan fingerprint density at radius 2 is 1.87 bits per heavy atom. The molecule has 0 heterocycles. The number of carbonyl (C=O) groups excluding carboxylic acids is 1. The summed E-state index contributed by atoms with van der Waals surface area (Å²) in [6.07, 6.45) is 1.45. The zero-order valence-electron chi connectivity index (χ0n) is 12.8. The summed E-state index contributed by atoms with van der Waals surface area (Å²) in [6, 6.07) is 16.8. The topological polar surface area (TPSA) is 61.4 Å². The molecule has 0 fully saturated rings. The van der Waals surface area contributed by atoms with Gasteiger partial charge in [0.15, 0.2) is 0 Å². The molecule has 0 spiro atoms. The van der Waals surface area contributed by atoms with Crippen LogP contribution in [0.5, 0.6) is 0 Å². The molecule has 0 saturated carbocycles. The lowest BCUT2D eigenvalue weighted by Gasteiger charge is -2.17. The molecule has 1 atom stereocenters. The molecule has 0 aliphatic carbocycles. The second-order valence-electron chi connectivity index (χ2n) is 5.30. The van der Waals surface area contributed by atoms with Crippen LogP contribution in [0.15, 0.2) is 54.6 Å². The number of aliphatic hydroxyl groups excluding tert-OH is 1. The number of hydrogen-bond acceptors (Lipinski definition) is 2. The number of nitrogens with one attached hydrogen (secondary N) is 2. The minimum absolute atomic E-state index is 0.133. The summed E-state index contributed by atoms with van der Waals surface area (Å²) in [5.41, 5.74) is 1.84. The van der Waals surface area contributed by atoms with E-state index in [-0.39, 0.29) is 18.6 Å². The van der Waals surface area contributed by atoms with Crippen LogP contribution in [-0.2, 0) is 0 Å². The van der Waals surface area contributed by atoms with E-state index in [4.69, 9.17) is 11.6 Å². The summed E-state index contributed by atoms with van der Waals surface area (Å²) >= 11 is 5.88. The first kappa shape index (κ1) is 17.3. The predicted octanol–water partition coefficient (Wildman–Crippen LogP) is 4.02. The Labute approximate surface area is 141 Å². The van der Waals surface area contributed by atoms with Crippen molar-refractivity contribution in [2.45, 2.75) is 18.8 Å². The number of anilines is 1. The first-order chi connectivity index (χ1) is 11.2. The van der Waals surface area contributed by atoms with E-state index in [0.717, 1.165) is 6.42 Å². The molecule has 2 aromatic rings. The van der Waals surface area contributed by atoms with Crippen LogP contribution in [0, 0.1) is 0 Å². The van der Waals surface area contributed by atoms with Crippen LogP contribution < -0.4 is 10.6 Å². The Balaban J connectivity index is 1.81. The Bertz CT molecular complexity index is 619. The maximum atomic E-state index is 11.9. The molecule has 0 radical (unpaired) electrons. The molecule has 3 N–H and O–H groups in total. The lowest BCUT2D eigenvalue weighted by Crippen LogP contribution is -2.30. The molecule has 23 heavy (non-hydrogen) atoms. The molecule has 0 aromatic heterocycles. The van der Waals surface area contributed by atoms with Crippen LogP contribution in [0.3, 0.4) is 0 Å². The first-order valence-corrected chi connectivity index (χ1v) is 8.03. The van der Waals surface area contributed by atoms with Crippen molar-refractivity contribution in [2.75, 3.05) is 18.5 Å². The minimum Gasteiger partial charge on any atom is -0.396 e. The van der Waals surface area contributed by atoms with Gasteiger partial charge in [-0.25, -0.2) is 4.79 Å². The number of hydrogen-bond donors (Lipinski definition) is 3. The molecule has 0 saturated heterocycles. The lowest BCUT2D eigenvalue weighted by molar-refractivity contribution is 0.250. The number of carbonyl (C=O) groups is 1. The third-order valence-electron chi connectivity index (χ3n) is 3.61. The standard InChI is InChI=1S/C18H21ClN2O2/c19-16-7-4-8-17(13-16)21-18(23)20-11-9-15(10-12-22)14-5-2-1-3-6-14/h1-8,13,15,22H,9-12H2,(H2,20,21,23). The monoisotopic (exact) mass is 332 g/mol. The van der Waals surface area contributed by atoms with Gasteiger partial charge in [0.05, 0.1) is 0 Å². The van der Waals surface area contributed by atoms with Crippen molar-refractivity contribution in [1.29, 1.82) is 0 Å². The van der Waals surface area contributed by atoms with E-state index >= 15 is 0 Å². The van der Waals surface area contributed by atoms with Gasteiger partial charge in [0.2, 0.25) is 0 Å². The highest BCUT2D eigenvalue weighted by atomic mass is 35.5. The normalized spacial score (nSPS) is 11.7. The average molecular weight is 333 g/mol. The van der Waals surface area contributed by atoms with Crippen LogP contribution in [0.25, 0.3) is 0 Å². The van der Waals surface area contributed by atoms with Crippen molar-refractivity contribution >= 4 is 23.3 Å². The molecule has 122 valence electrons. The van der Waals surface area contributed by atoms with Crippen LogP contribution in [0.4, 0.5) is 10.5 Å². The van der Waals surface area contributed by atoms with Gasteiger partial charge >= 0.3 is 6.03 Å². The molecule has 0 aliphatic rings. The summed E-state index contributed by atoms with van der Waals surface area (Å²) in [4.78, 5) is 11.9. The number of urea groups is 1. The van der Waals surface area contributed by atoms with Gasteiger partial charge in [0.25, 0.3) is 0 Å². The van der Waals surface area contributed by atoms with Crippen molar-refractivity contribution in [3.05, 3.63) is 65.2 Å². The van der Waals surface area contributed by atoms with E-state index in [2.05, 4.69) is 10.6 Å². The number of aliphatic hydroxyl groups is 1. The summed E-state index contributed by atoms with van der Waals surface area (Å²) in [5.74, 6) is 0.229. The number of halogens is 1. The molecular formula is C18H21ClN2O2. The predicted molar refractivity (Wildman–Crippen MR) is 94.0 cm³/mol. The van der Waals surface area contributed by atoms with Crippen molar-refractivity contribution in [3.8, 4) is 0 Å². The maximum Gasteiger partial charge on any atom is 0.319 e. The van der Waals surface area contributed by atoms with Crippen LogP contribution in [-0.4, -0.2) is 24.3 Å². The fourth-order valence-corrected chi connectivity index (χ4v) is 2.65. The molecule has 2 aromatic carbocycles. The van der Waals surface area contributed by atoms with E-state index in [1.165, 1.54) is 5.56 Å². The quantitative estimate of drug-likeness (QED) is 0.717. The zero-order valence-corrected chi connectivity index (χ0v) is 13.6. The van der Waals surface area contributed by atoms with Gasteiger partial charge in [0.1, 0.15) is 0 Å². The molecule has 2 amide bonds. The summed E-state index contributed by atoms with van der Waals surface area (Å²) in [7, 11) is 0. The highest BCUT2D eigenvalue weighted by molar-refractivity contribution is 6.30. The first-order valence-electron chi connectivity index (χ1n) is 7.65. The van der Waals surface area contributed by atoms with E-state index < -0.39 is 0 Å². The highest BCUT2D eigenvalue weighted by Crippen LogP contribution is 2.22. The molecule has 0 bridgehead atoms. The van der Waals surface area contributed by atoms with Gasteiger partial charge in [-0.2, -0.15) is 0 Å². The Morgan fingerprint density at radius 1 is 1.09 bits per heavy atom. The van der Waals surface area contributed by atoms with Gasteiger partial charge in [-0.05, 0) is 42.5 Å². The van der Waals surface area contributed by atoms with E-state index in [0.29, 0.717) is 23.7 Å². The highest BCUT2D eigenvalue weighted by Gasteiger charge is 2.11. The lowest BCUT2D eigenvalue weighted by atomic mass is 9.93. The van der Waals surface area contributed by atoms with Crippen molar-refractivity contribution in [2.24, 2.45) is 0 Å². The Hall–Kier alpha value is -2.04. The fourth-order valence-electron chi connectivity index (χ4n) is 2.46. The molecule has 1 unspecified atom stereocenters. The minimum atomic E-state index is -0.261. The molecule has 5 heteroatoms. The third-order valence-corrected chi connectivity index (χ3v) is 3.84. The van der Waals surface area contributed by atoms with Gasteiger partial charge in [0, 0.05) is 23.9 Å². The summed E-state index contributed by atoms with van der Waals surface area (Å²) < 4.78 is 0. The maximum absolute atomic E-state index is 11.9. The fraction of sp³-hybridized carbons (Fsp3) is 0.278. The van der Waals surface area contributed by atoms with Gasteiger partial charge < -0.3 is 15.7 Å². The smallest absolute Gasteiger partial charge is 0.319 e. The van der Waals surface area contributed by atoms with Crippen molar-refractivity contribution in [3.63, 3.8) is 0 Å².